The monoisotopic (exact) mass is 326 g/mol. The predicted molar refractivity (Wildman–Crippen MR) is 92.3 cm³/mol. The van der Waals surface area contributed by atoms with Crippen molar-refractivity contribution in [1.82, 2.24) is 9.78 Å². The van der Waals surface area contributed by atoms with Crippen LogP contribution in [0.3, 0.4) is 0 Å². The van der Waals surface area contributed by atoms with Gasteiger partial charge in [-0.3, -0.25) is 4.79 Å². The van der Waals surface area contributed by atoms with Gasteiger partial charge in [-0.2, -0.15) is 0 Å². The van der Waals surface area contributed by atoms with Crippen molar-refractivity contribution in [2.24, 2.45) is 0 Å². The highest BCUT2D eigenvalue weighted by Crippen LogP contribution is 2.36. The third-order valence-electron chi connectivity index (χ3n) is 5.20. The Balaban J connectivity index is 1.75. The van der Waals surface area contributed by atoms with Crippen molar-refractivity contribution in [3.05, 3.63) is 40.6 Å². The van der Waals surface area contributed by atoms with Crippen LogP contribution in [-0.4, -0.2) is 33.4 Å². The molecule has 2 atom stereocenters. The van der Waals surface area contributed by atoms with E-state index in [-0.39, 0.29) is 11.8 Å². The molecule has 1 aliphatic heterocycles. The van der Waals surface area contributed by atoms with E-state index in [4.69, 9.17) is 5.73 Å². The molecule has 2 aromatic rings. The maximum Gasteiger partial charge on any atom is 0.254 e. The number of nitrogens with one attached hydrogen (secondary N) is 1. The lowest BCUT2D eigenvalue weighted by Crippen LogP contribution is -2.30. The Hall–Kier alpha value is -2.34. The maximum absolute atomic E-state index is 13.2. The Labute approximate surface area is 140 Å². The number of aromatic nitrogens is 2. The number of hydrogen-bond donors (Lipinski definition) is 3. The number of carbonyl (C=O) groups is 1. The Morgan fingerprint density at radius 2 is 2.25 bits per heavy atom. The summed E-state index contributed by atoms with van der Waals surface area (Å²) >= 11 is 0. The SMILES string of the molecule is Cc1cccc2c1NCCC2C(=O)n1nc(N)c2c1C[C@H](O)CC2. The molecule has 6 heteroatoms. The summed E-state index contributed by atoms with van der Waals surface area (Å²) in [6.45, 7) is 2.80. The van der Waals surface area contributed by atoms with Crippen LogP contribution >= 0.6 is 0 Å². The number of hydrogen-bond acceptors (Lipinski definition) is 5. The molecule has 0 fully saturated rings. The lowest BCUT2D eigenvalue weighted by atomic mass is 9.88. The second kappa shape index (κ2) is 5.63. The van der Waals surface area contributed by atoms with Crippen LogP contribution in [-0.2, 0) is 12.8 Å². The van der Waals surface area contributed by atoms with Gasteiger partial charge in [-0.15, -0.1) is 5.10 Å². The van der Waals surface area contributed by atoms with Gasteiger partial charge in [0.1, 0.15) is 5.82 Å². The highest BCUT2D eigenvalue weighted by molar-refractivity contribution is 5.89. The molecule has 1 aliphatic carbocycles. The zero-order valence-electron chi connectivity index (χ0n) is 13.7. The van der Waals surface area contributed by atoms with Crippen molar-refractivity contribution in [3.8, 4) is 0 Å². The number of anilines is 2. The first-order chi connectivity index (χ1) is 11.6. The molecular weight excluding hydrogens is 304 g/mol. The summed E-state index contributed by atoms with van der Waals surface area (Å²) in [5, 5.41) is 17.7. The molecule has 0 bridgehead atoms. The largest absolute Gasteiger partial charge is 0.393 e. The third-order valence-corrected chi connectivity index (χ3v) is 5.20. The molecule has 4 N–H and O–H groups in total. The number of aliphatic hydroxyl groups excluding tert-OH is 1. The van der Waals surface area contributed by atoms with Crippen LogP contribution in [0.15, 0.2) is 18.2 Å². The number of aliphatic hydroxyl groups is 1. The van der Waals surface area contributed by atoms with Crippen LogP contribution in [0.4, 0.5) is 11.5 Å². The van der Waals surface area contributed by atoms with Crippen LogP contribution in [0.5, 0.6) is 0 Å². The van der Waals surface area contributed by atoms with E-state index in [9.17, 15) is 9.90 Å². The van der Waals surface area contributed by atoms with Gasteiger partial charge in [0.25, 0.3) is 5.91 Å². The molecule has 0 saturated heterocycles. The Morgan fingerprint density at radius 3 is 3.08 bits per heavy atom. The van der Waals surface area contributed by atoms with Crippen molar-refractivity contribution < 1.29 is 9.90 Å². The van der Waals surface area contributed by atoms with Gasteiger partial charge < -0.3 is 16.2 Å². The summed E-state index contributed by atoms with van der Waals surface area (Å²) in [6, 6.07) is 6.03. The molecule has 4 rings (SSSR count). The highest BCUT2D eigenvalue weighted by atomic mass is 16.3. The second-order valence-electron chi connectivity index (χ2n) is 6.76. The molecule has 0 saturated carbocycles. The summed E-state index contributed by atoms with van der Waals surface area (Å²) in [5.74, 6) is 0.137. The summed E-state index contributed by atoms with van der Waals surface area (Å²) in [4.78, 5) is 13.2. The molecule has 2 heterocycles. The first kappa shape index (κ1) is 15.2. The van der Waals surface area contributed by atoms with Crippen LogP contribution in [0.2, 0.25) is 0 Å². The van der Waals surface area contributed by atoms with E-state index >= 15 is 0 Å². The fourth-order valence-corrected chi connectivity index (χ4v) is 3.93. The molecule has 0 radical (unpaired) electrons. The van der Waals surface area contributed by atoms with Crippen molar-refractivity contribution in [1.29, 1.82) is 0 Å². The molecule has 1 aromatic carbocycles. The average molecular weight is 326 g/mol. The number of para-hydroxylation sites is 1. The van der Waals surface area contributed by atoms with E-state index in [2.05, 4.69) is 10.4 Å². The van der Waals surface area contributed by atoms with Crippen LogP contribution in [0.1, 0.15) is 45.9 Å². The standard InChI is InChI=1S/C18H22N4O2/c1-10-3-2-4-12-13(7-8-20-16(10)12)18(24)22-15-9-11(23)5-6-14(15)17(19)21-22/h2-4,11,13,20,23H,5-9H2,1H3,(H2,19,21)/t11-,13?/m1/s1. The van der Waals surface area contributed by atoms with Gasteiger partial charge in [0, 0.05) is 24.2 Å². The highest BCUT2D eigenvalue weighted by Gasteiger charge is 2.33. The number of carbonyl (C=O) groups excluding carboxylic acids is 1. The van der Waals surface area contributed by atoms with Crippen LogP contribution < -0.4 is 11.1 Å². The van der Waals surface area contributed by atoms with Crippen molar-refractivity contribution in [2.45, 2.75) is 44.6 Å². The summed E-state index contributed by atoms with van der Waals surface area (Å²) < 4.78 is 1.45. The molecular formula is C18H22N4O2. The molecule has 126 valence electrons. The van der Waals surface area contributed by atoms with Gasteiger partial charge in [0.15, 0.2) is 0 Å². The third kappa shape index (κ3) is 2.29. The average Bonchev–Trinajstić information content (AvgIpc) is 2.90. The summed E-state index contributed by atoms with van der Waals surface area (Å²) in [7, 11) is 0. The van der Waals surface area contributed by atoms with Gasteiger partial charge in [-0.05, 0) is 37.3 Å². The van der Waals surface area contributed by atoms with Crippen LogP contribution in [0, 0.1) is 6.92 Å². The Kier molecular flexibility index (Phi) is 3.57. The molecule has 1 unspecified atom stereocenters. The fourth-order valence-electron chi connectivity index (χ4n) is 3.93. The number of nitrogens with zero attached hydrogens (tertiary/aromatic N) is 2. The lowest BCUT2D eigenvalue weighted by molar-refractivity contribution is 0.0846. The van der Waals surface area contributed by atoms with Gasteiger partial charge in [-0.1, -0.05) is 18.2 Å². The number of nitrogen functional groups attached to an aromatic ring is 1. The number of benzene rings is 1. The molecule has 6 nitrogen and oxygen atoms in total. The lowest BCUT2D eigenvalue weighted by Gasteiger charge is -2.27. The molecule has 24 heavy (non-hydrogen) atoms. The molecule has 0 spiro atoms. The first-order valence-electron chi connectivity index (χ1n) is 8.48. The van der Waals surface area contributed by atoms with E-state index in [1.807, 2.05) is 25.1 Å². The zero-order valence-corrected chi connectivity index (χ0v) is 13.7. The number of aryl methyl sites for hydroxylation is 1. The first-order valence-corrected chi connectivity index (χ1v) is 8.48. The van der Waals surface area contributed by atoms with Crippen LogP contribution in [0.25, 0.3) is 0 Å². The number of nitrogens with two attached hydrogens (primary N) is 1. The summed E-state index contributed by atoms with van der Waals surface area (Å²) in [6.07, 6.45) is 2.09. The number of rotatable bonds is 1. The fraction of sp³-hybridized carbons (Fsp3) is 0.444. The zero-order chi connectivity index (χ0) is 16.8. The molecule has 0 amide bonds. The normalized spacial score (nSPS) is 22.4. The smallest absolute Gasteiger partial charge is 0.254 e. The maximum atomic E-state index is 13.2. The molecule has 2 aliphatic rings. The summed E-state index contributed by atoms with van der Waals surface area (Å²) in [5.41, 5.74) is 10.9. The topological polar surface area (TPSA) is 93.2 Å². The van der Waals surface area contributed by atoms with Gasteiger partial charge in [0.2, 0.25) is 0 Å². The number of fused-ring (bicyclic) bond motifs is 2. The van der Waals surface area contributed by atoms with E-state index in [0.717, 1.165) is 41.0 Å². The van der Waals surface area contributed by atoms with E-state index < -0.39 is 6.10 Å². The van der Waals surface area contributed by atoms with Gasteiger partial charge in [0.05, 0.1) is 17.7 Å². The Morgan fingerprint density at radius 1 is 1.42 bits per heavy atom. The Bertz CT molecular complexity index is 812. The van der Waals surface area contributed by atoms with E-state index in [0.29, 0.717) is 25.1 Å². The quantitative estimate of drug-likeness (QED) is 0.744. The second-order valence-corrected chi connectivity index (χ2v) is 6.76. The van der Waals surface area contributed by atoms with Crippen molar-refractivity contribution in [2.75, 3.05) is 17.6 Å². The van der Waals surface area contributed by atoms with Crippen molar-refractivity contribution >= 4 is 17.4 Å². The van der Waals surface area contributed by atoms with E-state index in [1.54, 1.807) is 0 Å². The predicted octanol–water partition coefficient (Wildman–Crippen LogP) is 1.86. The minimum atomic E-state index is -0.428. The minimum Gasteiger partial charge on any atom is -0.393 e. The van der Waals surface area contributed by atoms with Gasteiger partial charge in [-0.25, -0.2) is 4.68 Å². The van der Waals surface area contributed by atoms with Crippen molar-refractivity contribution in [3.63, 3.8) is 0 Å². The van der Waals surface area contributed by atoms with E-state index in [1.165, 1.54) is 4.68 Å². The minimum absolute atomic E-state index is 0.0506. The molecule has 1 aromatic heterocycles. The van der Waals surface area contributed by atoms with Gasteiger partial charge >= 0.3 is 0 Å².